The second kappa shape index (κ2) is 17.8. The van der Waals surface area contributed by atoms with Crippen LogP contribution in [0.2, 0.25) is 0 Å². The molecule has 0 aromatic heterocycles. The van der Waals surface area contributed by atoms with Crippen molar-refractivity contribution in [2.24, 2.45) is 0 Å². The highest BCUT2D eigenvalue weighted by Crippen LogP contribution is 2.44. The molecular weight excluding hydrogens is 748 g/mol. The zero-order chi connectivity index (χ0) is 41.8. The normalized spacial score (nSPS) is 28.8. The van der Waals surface area contributed by atoms with Crippen molar-refractivity contribution in [2.75, 3.05) is 14.1 Å². The van der Waals surface area contributed by atoms with Gasteiger partial charge in [-0.25, -0.2) is 9.59 Å². The molecule has 4 fully saturated rings. The first kappa shape index (κ1) is 42.5. The van der Waals surface area contributed by atoms with Gasteiger partial charge >= 0.3 is 35.8 Å². The number of nitrogens with zero attached hydrogens (tertiary/aromatic N) is 2. The second-order valence-electron chi connectivity index (χ2n) is 16.8. The molecule has 0 N–H and O–H groups in total. The summed E-state index contributed by atoms with van der Waals surface area (Å²) in [6.45, 7) is 6.52. The van der Waals surface area contributed by atoms with E-state index in [1.807, 2.05) is 12.1 Å². The third kappa shape index (κ3) is 10.1. The maximum Gasteiger partial charge on any atom is 0.331 e. The van der Waals surface area contributed by atoms with Crippen molar-refractivity contribution >= 4 is 35.8 Å². The largest absolute Gasteiger partial charge is 0.459 e. The average Bonchev–Trinajstić information content (AvgIpc) is 3.10. The van der Waals surface area contributed by atoms with Crippen molar-refractivity contribution in [2.45, 2.75) is 141 Å². The van der Waals surface area contributed by atoms with Crippen LogP contribution >= 0.6 is 0 Å². The van der Waals surface area contributed by atoms with Crippen LogP contribution in [0, 0.1) is 0 Å². The number of rotatable bonds is 12. The molecule has 4 aliphatic heterocycles. The molecule has 4 saturated heterocycles. The van der Waals surface area contributed by atoms with Crippen LogP contribution in [0.4, 0.5) is 0 Å². The molecule has 4 heterocycles. The van der Waals surface area contributed by atoms with Crippen molar-refractivity contribution < 1.29 is 66.2 Å². The van der Waals surface area contributed by atoms with Crippen molar-refractivity contribution in [3.8, 4) is 23.0 Å². The van der Waals surface area contributed by atoms with Gasteiger partial charge in [0.15, 0.2) is 23.0 Å². The molecule has 14 heteroatoms. The van der Waals surface area contributed by atoms with Crippen LogP contribution in [-0.4, -0.2) is 95.3 Å². The first-order valence-corrected chi connectivity index (χ1v) is 20.3. The van der Waals surface area contributed by atoms with Crippen molar-refractivity contribution in [3.63, 3.8) is 0 Å². The average molecular weight is 805 g/mol. The summed E-state index contributed by atoms with van der Waals surface area (Å²) >= 11 is 0. The van der Waals surface area contributed by atoms with Gasteiger partial charge in [-0.15, -0.1) is 0 Å². The van der Waals surface area contributed by atoms with Gasteiger partial charge in [-0.3, -0.25) is 19.2 Å². The lowest BCUT2D eigenvalue weighted by molar-refractivity contribution is -0.979. The predicted octanol–water partition coefficient (Wildman–Crippen LogP) is 5.79. The summed E-state index contributed by atoms with van der Waals surface area (Å²) in [7, 11) is 4.45. The smallest absolute Gasteiger partial charge is 0.331 e. The van der Waals surface area contributed by atoms with Crippen LogP contribution in [-0.2, 0) is 51.3 Å². The molecule has 4 bridgehead atoms. The molecule has 0 radical (unpaired) electrons. The second-order valence-corrected chi connectivity index (χ2v) is 16.8. The number of benzene rings is 2. The Morgan fingerprint density at radius 3 is 1.14 bits per heavy atom. The topological polar surface area (TPSA) is 158 Å². The lowest BCUT2D eigenvalue weighted by Crippen LogP contribution is -2.65. The molecule has 0 spiro atoms. The summed E-state index contributed by atoms with van der Waals surface area (Å²) in [5, 5.41) is 0. The summed E-state index contributed by atoms with van der Waals surface area (Å²) in [5.74, 6) is -2.39. The number of quaternary nitrogens is 2. The zero-order valence-electron chi connectivity index (χ0n) is 34.4. The molecule has 6 rings (SSSR count). The third-order valence-corrected chi connectivity index (χ3v) is 12.6. The molecule has 58 heavy (non-hydrogen) atoms. The van der Waals surface area contributed by atoms with E-state index in [4.69, 9.17) is 28.4 Å². The summed E-state index contributed by atoms with van der Waals surface area (Å²) < 4.78 is 34.6. The van der Waals surface area contributed by atoms with Crippen LogP contribution in [0.25, 0.3) is 0 Å². The quantitative estimate of drug-likeness (QED) is 0.110. The fourth-order valence-electron chi connectivity index (χ4n) is 10.1. The minimum Gasteiger partial charge on any atom is -0.459 e. The number of piperidine rings is 4. The minimum absolute atomic E-state index is 0.191. The monoisotopic (exact) mass is 804 g/mol. The summed E-state index contributed by atoms with van der Waals surface area (Å²) in [6.07, 6.45) is 10.6. The van der Waals surface area contributed by atoms with Gasteiger partial charge in [-0.1, -0.05) is 0 Å². The van der Waals surface area contributed by atoms with E-state index in [1.54, 1.807) is 24.3 Å². The molecule has 0 saturated carbocycles. The van der Waals surface area contributed by atoms with Gasteiger partial charge < -0.3 is 37.4 Å². The number of hydrogen-bond acceptors (Lipinski definition) is 12. The maximum atomic E-state index is 13.0. The van der Waals surface area contributed by atoms with Gasteiger partial charge in [0.25, 0.3) is 0 Å². The fourth-order valence-corrected chi connectivity index (χ4v) is 10.1. The molecule has 312 valence electrons. The lowest BCUT2D eigenvalue weighted by atomic mass is 9.80. The van der Waals surface area contributed by atoms with E-state index in [0.717, 1.165) is 58.6 Å². The van der Waals surface area contributed by atoms with E-state index in [9.17, 15) is 28.8 Å². The van der Waals surface area contributed by atoms with Crippen LogP contribution in [0.1, 0.15) is 103 Å². The van der Waals surface area contributed by atoms with Crippen molar-refractivity contribution in [1.29, 1.82) is 0 Å². The van der Waals surface area contributed by atoms with E-state index in [2.05, 4.69) is 14.1 Å². The highest BCUT2D eigenvalue weighted by atomic mass is 16.6. The first-order chi connectivity index (χ1) is 27.5. The Morgan fingerprint density at radius 2 is 0.828 bits per heavy atom. The Bertz CT molecular complexity index is 1790. The Labute approximate surface area is 339 Å². The molecule has 2 aromatic carbocycles. The number of esters is 6. The highest BCUT2D eigenvalue weighted by Gasteiger charge is 2.51. The Kier molecular flexibility index (Phi) is 13.1. The standard InChI is InChI=1S/C44H56N2O12/c1-27(47)53-39-15-13-31(19-41(39)55-29(3)49)25-45(5)33-9-7-10-34(45)22-37(21-33)57-43(51)17-18-44(52)58-38-23-35-11-8-12-36(24-38)46(35,6)26-32-14-16-40(54-28(2)48)42(20-32)56-30(4)50/h13-20,33-38H,7-12,21-26H2,1-6H3/q+2/b18-17+/t33-,34+,35-,36+,37?,38?,45?,46?. The first-order valence-electron chi connectivity index (χ1n) is 20.3. The van der Waals surface area contributed by atoms with E-state index in [0.29, 0.717) is 38.8 Å². The van der Waals surface area contributed by atoms with Crippen molar-refractivity contribution in [1.82, 2.24) is 0 Å². The number of ether oxygens (including phenoxy) is 6. The molecular formula is C44H56N2O12+2. The lowest BCUT2D eigenvalue weighted by Gasteiger charge is -2.55. The van der Waals surface area contributed by atoms with Gasteiger partial charge in [0.05, 0.1) is 38.3 Å². The van der Waals surface area contributed by atoms with Crippen LogP contribution < -0.4 is 18.9 Å². The van der Waals surface area contributed by atoms with Gasteiger partial charge in [0.1, 0.15) is 25.3 Å². The molecule has 0 aliphatic carbocycles. The molecule has 2 aromatic rings. The van der Waals surface area contributed by atoms with Crippen LogP contribution in [0.5, 0.6) is 23.0 Å². The SMILES string of the molecule is CC(=O)Oc1ccc(C[N+]2(C)[C@@H]3CCC[C@H]2CC(OC(=O)/C=C/C(=O)OC2C[C@H]4CCC[C@@H](C2)[N+]4(C)Cc2ccc(OC(C)=O)c(OC(C)=O)c2)C3)cc1OC(C)=O. The molecule has 0 amide bonds. The number of carbonyl (C=O) groups excluding carboxylic acids is 6. The summed E-state index contributed by atoms with van der Waals surface area (Å²) in [5.41, 5.74) is 1.88. The van der Waals surface area contributed by atoms with Crippen molar-refractivity contribution in [3.05, 3.63) is 59.7 Å². The minimum atomic E-state index is -0.569. The van der Waals surface area contributed by atoms with E-state index in [1.165, 1.54) is 39.8 Å². The molecule has 14 nitrogen and oxygen atoms in total. The third-order valence-electron chi connectivity index (χ3n) is 12.6. The van der Waals surface area contributed by atoms with Gasteiger partial charge in [0.2, 0.25) is 0 Å². The fraction of sp³-hybridized carbons (Fsp3) is 0.545. The van der Waals surface area contributed by atoms with Gasteiger partial charge in [-0.2, -0.15) is 0 Å². The van der Waals surface area contributed by atoms with E-state index < -0.39 is 35.8 Å². The van der Waals surface area contributed by atoms with Gasteiger partial charge in [0, 0.05) is 76.7 Å². The maximum absolute atomic E-state index is 13.0. The summed E-state index contributed by atoms with van der Waals surface area (Å²) in [6, 6.07) is 11.5. The molecule has 4 aliphatic rings. The number of carbonyl (C=O) groups is 6. The van der Waals surface area contributed by atoms with E-state index in [-0.39, 0.29) is 59.4 Å². The highest BCUT2D eigenvalue weighted by molar-refractivity contribution is 5.91. The predicted molar refractivity (Wildman–Crippen MR) is 208 cm³/mol. The Hall–Kier alpha value is -5.08. The Balaban J connectivity index is 1.03. The van der Waals surface area contributed by atoms with Crippen LogP contribution in [0.15, 0.2) is 48.6 Å². The van der Waals surface area contributed by atoms with E-state index >= 15 is 0 Å². The van der Waals surface area contributed by atoms with Crippen LogP contribution in [0.3, 0.4) is 0 Å². The molecule has 8 atom stereocenters. The number of hydrogen-bond donors (Lipinski definition) is 0. The Morgan fingerprint density at radius 1 is 0.517 bits per heavy atom. The zero-order valence-corrected chi connectivity index (χ0v) is 34.4. The van der Waals surface area contributed by atoms with Gasteiger partial charge in [-0.05, 0) is 74.9 Å². The summed E-state index contributed by atoms with van der Waals surface area (Å²) in [4.78, 5) is 72.8. The molecule has 4 unspecified atom stereocenters. The number of fused-ring (bicyclic) bond motifs is 4.